The predicted octanol–water partition coefficient (Wildman–Crippen LogP) is 1.39. The molecule has 0 atom stereocenters. The number of carbonyl (C=O) groups is 1. The van der Waals surface area contributed by atoms with Crippen LogP contribution in [-0.4, -0.2) is 24.7 Å². The average molecular weight is 306 g/mol. The van der Waals surface area contributed by atoms with Crippen LogP contribution in [0.15, 0.2) is 18.2 Å². The number of nitrogens with two attached hydrogens (primary N) is 1. The van der Waals surface area contributed by atoms with Gasteiger partial charge in [-0.2, -0.15) is 0 Å². The van der Waals surface area contributed by atoms with Crippen LogP contribution in [0.1, 0.15) is 0 Å². The summed E-state index contributed by atoms with van der Waals surface area (Å²) in [5.74, 6) is -0.870. The monoisotopic (exact) mass is 306 g/mol. The van der Waals surface area contributed by atoms with E-state index in [4.69, 9.17) is 10.8 Å². The average Bonchev–Trinajstić information content (AvgIpc) is 2.01. The molecular weight excluding hydrogens is 295 g/mol. The first-order chi connectivity index (χ1) is 6.50. The summed E-state index contributed by atoms with van der Waals surface area (Å²) in [5, 5.41) is 8.61. The minimum atomic E-state index is -0.870. The number of hydrogen-bond acceptors (Lipinski definition) is 3. The Hall–Kier alpha value is -0.980. The Morgan fingerprint density at radius 1 is 1.64 bits per heavy atom. The molecule has 1 rings (SSSR count). The second-order valence-corrected chi connectivity index (χ2v) is 4.20. The fraction of sp³-hybridized carbons (Fsp3) is 0.222. The molecule has 0 aliphatic heterocycles. The third kappa shape index (κ3) is 2.76. The molecular formula is C9H11IN2O2. The van der Waals surface area contributed by atoms with Crippen molar-refractivity contribution in [2.24, 2.45) is 0 Å². The van der Waals surface area contributed by atoms with Crippen molar-refractivity contribution in [3.63, 3.8) is 0 Å². The van der Waals surface area contributed by atoms with Crippen LogP contribution in [0.2, 0.25) is 0 Å². The van der Waals surface area contributed by atoms with Gasteiger partial charge in [-0.05, 0) is 40.8 Å². The maximum Gasteiger partial charge on any atom is 0.323 e. The van der Waals surface area contributed by atoms with Crippen LogP contribution in [0.4, 0.5) is 11.4 Å². The maximum absolute atomic E-state index is 10.5. The number of carboxylic acids is 1. The molecule has 0 spiro atoms. The van der Waals surface area contributed by atoms with Gasteiger partial charge < -0.3 is 15.7 Å². The summed E-state index contributed by atoms with van der Waals surface area (Å²) in [7, 11) is 1.70. The number of anilines is 2. The lowest BCUT2D eigenvalue weighted by atomic mass is 10.2. The van der Waals surface area contributed by atoms with Gasteiger partial charge in [-0.25, -0.2) is 0 Å². The highest BCUT2D eigenvalue weighted by Gasteiger charge is 2.08. The lowest BCUT2D eigenvalue weighted by molar-refractivity contribution is -0.135. The van der Waals surface area contributed by atoms with E-state index in [1.54, 1.807) is 11.9 Å². The molecule has 76 valence electrons. The highest BCUT2D eigenvalue weighted by molar-refractivity contribution is 14.1. The number of carboxylic acid groups (broad SMARTS) is 1. The number of hydrogen-bond donors (Lipinski definition) is 2. The van der Waals surface area contributed by atoms with Crippen molar-refractivity contribution in [2.45, 2.75) is 0 Å². The summed E-state index contributed by atoms with van der Waals surface area (Å²) in [5.41, 5.74) is 7.10. The van der Waals surface area contributed by atoms with Gasteiger partial charge in [0.2, 0.25) is 0 Å². The van der Waals surface area contributed by atoms with Crippen LogP contribution < -0.4 is 10.6 Å². The minimum absolute atomic E-state index is 0.0508. The third-order valence-corrected chi connectivity index (χ3v) is 2.44. The largest absolute Gasteiger partial charge is 0.480 e. The normalized spacial score (nSPS) is 9.86. The topological polar surface area (TPSA) is 66.6 Å². The zero-order valence-corrected chi connectivity index (χ0v) is 9.85. The van der Waals surface area contributed by atoms with Gasteiger partial charge in [0.25, 0.3) is 0 Å². The van der Waals surface area contributed by atoms with Crippen molar-refractivity contribution in [3.05, 3.63) is 21.8 Å². The molecule has 0 fully saturated rings. The van der Waals surface area contributed by atoms with E-state index < -0.39 is 5.97 Å². The van der Waals surface area contributed by atoms with Crippen molar-refractivity contribution in [1.82, 2.24) is 0 Å². The van der Waals surface area contributed by atoms with E-state index in [2.05, 4.69) is 22.6 Å². The smallest absolute Gasteiger partial charge is 0.323 e. The van der Waals surface area contributed by atoms with Crippen molar-refractivity contribution >= 4 is 39.9 Å². The van der Waals surface area contributed by atoms with Crippen LogP contribution in [0, 0.1) is 3.57 Å². The maximum atomic E-state index is 10.5. The fourth-order valence-corrected chi connectivity index (χ4v) is 1.68. The molecule has 4 nitrogen and oxygen atoms in total. The van der Waals surface area contributed by atoms with Gasteiger partial charge in [0.1, 0.15) is 6.54 Å². The molecule has 3 N–H and O–H groups in total. The Bertz CT molecular complexity index is 355. The van der Waals surface area contributed by atoms with Crippen molar-refractivity contribution in [1.29, 1.82) is 0 Å². The first kappa shape index (κ1) is 11.1. The number of halogens is 1. The van der Waals surface area contributed by atoms with Gasteiger partial charge in [-0.1, -0.05) is 0 Å². The van der Waals surface area contributed by atoms with Crippen LogP contribution in [-0.2, 0) is 4.79 Å². The zero-order chi connectivity index (χ0) is 10.7. The van der Waals surface area contributed by atoms with Gasteiger partial charge >= 0.3 is 5.97 Å². The van der Waals surface area contributed by atoms with Gasteiger partial charge in [0.05, 0.1) is 11.4 Å². The third-order valence-electron chi connectivity index (χ3n) is 1.77. The SMILES string of the molecule is CN(CC(=O)O)c1ccc(I)cc1N. The Kier molecular flexibility index (Phi) is 3.56. The van der Waals surface area contributed by atoms with E-state index in [1.807, 2.05) is 18.2 Å². The molecule has 0 unspecified atom stereocenters. The zero-order valence-electron chi connectivity index (χ0n) is 7.70. The Labute approximate surface area is 95.8 Å². The lowest BCUT2D eigenvalue weighted by Gasteiger charge is -2.18. The Morgan fingerprint density at radius 3 is 2.79 bits per heavy atom. The summed E-state index contributed by atoms with van der Waals surface area (Å²) in [6, 6.07) is 5.53. The van der Waals surface area contributed by atoms with E-state index >= 15 is 0 Å². The Morgan fingerprint density at radius 2 is 2.29 bits per heavy atom. The van der Waals surface area contributed by atoms with E-state index in [0.717, 1.165) is 9.26 Å². The Balaban J connectivity index is 2.90. The van der Waals surface area contributed by atoms with Crippen molar-refractivity contribution in [2.75, 3.05) is 24.2 Å². The van der Waals surface area contributed by atoms with Crippen LogP contribution in [0.3, 0.4) is 0 Å². The van der Waals surface area contributed by atoms with Crippen LogP contribution in [0.25, 0.3) is 0 Å². The first-order valence-corrected chi connectivity index (χ1v) is 5.06. The molecule has 0 aliphatic rings. The molecule has 0 saturated heterocycles. The summed E-state index contributed by atoms with van der Waals surface area (Å²) in [4.78, 5) is 12.1. The number of nitrogens with zero attached hydrogens (tertiary/aromatic N) is 1. The van der Waals surface area contributed by atoms with E-state index in [0.29, 0.717) is 5.69 Å². The first-order valence-electron chi connectivity index (χ1n) is 3.98. The molecule has 0 bridgehead atoms. The van der Waals surface area contributed by atoms with Gasteiger partial charge in [-0.3, -0.25) is 4.79 Å². The van der Waals surface area contributed by atoms with Gasteiger partial charge in [-0.15, -0.1) is 0 Å². The van der Waals surface area contributed by atoms with Gasteiger partial charge in [0, 0.05) is 10.6 Å². The molecule has 14 heavy (non-hydrogen) atoms. The van der Waals surface area contributed by atoms with E-state index in [-0.39, 0.29) is 6.54 Å². The molecule has 1 aromatic rings. The molecule has 0 saturated carbocycles. The minimum Gasteiger partial charge on any atom is -0.480 e. The van der Waals surface area contributed by atoms with Crippen LogP contribution in [0.5, 0.6) is 0 Å². The number of aliphatic carboxylic acids is 1. The second kappa shape index (κ2) is 4.50. The van der Waals surface area contributed by atoms with Crippen molar-refractivity contribution in [3.8, 4) is 0 Å². The molecule has 1 aromatic carbocycles. The summed E-state index contributed by atoms with van der Waals surface area (Å²) in [6.07, 6.45) is 0. The summed E-state index contributed by atoms with van der Waals surface area (Å²) < 4.78 is 1.03. The van der Waals surface area contributed by atoms with E-state index in [9.17, 15) is 4.79 Å². The summed E-state index contributed by atoms with van der Waals surface area (Å²) >= 11 is 2.16. The number of rotatable bonds is 3. The quantitative estimate of drug-likeness (QED) is 0.654. The fourth-order valence-electron chi connectivity index (χ4n) is 1.16. The van der Waals surface area contributed by atoms with E-state index in [1.165, 1.54) is 0 Å². The highest BCUT2D eigenvalue weighted by atomic mass is 127. The number of benzene rings is 1. The predicted molar refractivity (Wildman–Crippen MR) is 64.5 cm³/mol. The lowest BCUT2D eigenvalue weighted by Crippen LogP contribution is -2.25. The molecule has 0 heterocycles. The van der Waals surface area contributed by atoms with Crippen LogP contribution >= 0.6 is 22.6 Å². The molecule has 0 aliphatic carbocycles. The highest BCUT2D eigenvalue weighted by Crippen LogP contribution is 2.23. The number of nitrogen functional groups attached to an aromatic ring is 1. The number of likely N-dealkylation sites (N-methyl/N-ethyl adjacent to an activating group) is 1. The molecule has 0 aromatic heterocycles. The standard InChI is InChI=1S/C9H11IN2O2/c1-12(5-9(13)14)8-3-2-6(10)4-7(8)11/h2-4H,5,11H2,1H3,(H,13,14). The van der Waals surface area contributed by atoms with Gasteiger partial charge in [0.15, 0.2) is 0 Å². The summed E-state index contributed by atoms with van der Waals surface area (Å²) in [6.45, 7) is -0.0508. The van der Waals surface area contributed by atoms with Crippen molar-refractivity contribution < 1.29 is 9.90 Å². The molecule has 0 radical (unpaired) electrons. The molecule has 0 amide bonds. The molecule has 5 heteroatoms. The second-order valence-electron chi connectivity index (χ2n) is 2.95.